The summed E-state index contributed by atoms with van der Waals surface area (Å²) < 4.78 is 0. The van der Waals surface area contributed by atoms with Crippen molar-refractivity contribution in [3.05, 3.63) is 29.8 Å². The molecule has 0 saturated carbocycles. The number of carbonyl (C=O) groups excluding carboxylic acids is 1. The minimum Gasteiger partial charge on any atom is -0.399 e. The van der Waals surface area contributed by atoms with Gasteiger partial charge in [0.25, 0.3) is 0 Å². The van der Waals surface area contributed by atoms with E-state index in [0.717, 1.165) is 30.8 Å². The van der Waals surface area contributed by atoms with Crippen LogP contribution < -0.4 is 5.73 Å². The lowest BCUT2D eigenvalue weighted by Gasteiger charge is -2.16. The Morgan fingerprint density at radius 3 is 2.61 bits per heavy atom. The number of hydrogen-bond acceptors (Lipinski definition) is 2. The number of nitrogens with zero attached hydrogens (tertiary/aromatic N) is 1. The summed E-state index contributed by atoms with van der Waals surface area (Å²) in [5, 5.41) is 0. The van der Waals surface area contributed by atoms with E-state index in [1.165, 1.54) is 0 Å². The standard InChI is InChI=1S/C15H22N2O/c1-11-9-17(10-12(11)2)15(18)7-6-13-4-3-5-14(16)8-13/h3-5,8,11-12H,6-7,9-10,16H2,1-2H3. The molecule has 2 unspecified atom stereocenters. The molecule has 1 heterocycles. The predicted octanol–water partition coefficient (Wildman–Crippen LogP) is 2.32. The minimum atomic E-state index is 0.272. The molecule has 18 heavy (non-hydrogen) atoms. The lowest BCUT2D eigenvalue weighted by molar-refractivity contribution is -0.130. The van der Waals surface area contributed by atoms with Gasteiger partial charge in [0, 0.05) is 25.2 Å². The SMILES string of the molecule is CC1CN(C(=O)CCc2cccc(N)c2)CC1C. The summed E-state index contributed by atoms with van der Waals surface area (Å²) in [6, 6.07) is 7.78. The zero-order chi connectivity index (χ0) is 13.1. The Labute approximate surface area is 109 Å². The van der Waals surface area contributed by atoms with Crippen molar-refractivity contribution in [1.82, 2.24) is 4.90 Å². The Hall–Kier alpha value is -1.51. The second kappa shape index (κ2) is 5.42. The molecule has 1 fully saturated rings. The molecule has 3 nitrogen and oxygen atoms in total. The number of hydrogen-bond donors (Lipinski definition) is 1. The Morgan fingerprint density at radius 2 is 2.00 bits per heavy atom. The van der Waals surface area contributed by atoms with Crippen molar-refractivity contribution in [3.8, 4) is 0 Å². The van der Waals surface area contributed by atoms with Crippen LogP contribution in [0.3, 0.4) is 0 Å². The molecule has 98 valence electrons. The van der Waals surface area contributed by atoms with Gasteiger partial charge in [0.15, 0.2) is 0 Å². The Balaban J connectivity index is 1.85. The number of benzene rings is 1. The lowest BCUT2D eigenvalue weighted by Crippen LogP contribution is -2.29. The molecule has 0 aliphatic carbocycles. The average molecular weight is 246 g/mol. The third kappa shape index (κ3) is 3.03. The summed E-state index contributed by atoms with van der Waals surface area (Å²) in [5.41, 5.74) is 7.64. The van der Waals surface area contributed by atoms with Crippen molar-refractivity contribution in [2.45, 2.75) is 26.7 Å². The third-order valence-corrected chi connectivity index (χ3v) is 3.92. The molecule has 1 saturated heterocycles. The highest BCUT2D eigenvalue weighted by molar-refractivity contribution is 5.76. The van der Waals surface area contributed by atoms with E-state index in [2.05, 4.69) is 13.8 Å². The number of nitrogens with two attached hydrogens (primary N) is 1. The van der Waals surface area contributed by atoms with Gasteiger partial charge in [-0.25, -0.2) is 0 Å². The molecule has 0 aromatic heterocycles. The summed E-state index contributed by atoms with van der Waals surface area (Å²) in [7, 11) is 0. The molecular weight excluding hydrogens is 224 g/mol. The number of carbonyl (C=O) groups is 1. The van der Waals surface area contributed by atoms with Gasteiger partial charge in [0.05, 0.1) is 0 Å². The molecule has 0 radical (unpaired) electrons. The predicted molar refractivity (Wildman–Crippen MR) is 74.1 cm³/mol. The van der Waals surface area contributed by atoms with Crippen LogP contribution >= 0.6 is 0 Å². The number of likely N-dealkylation sites (tertiary alicyclic amines) is 1. The van der Waals surface area contributed by atoms with Gasteiger partial charge >= 0.3 is 0 Å². The first-order valence-corrected chi connectivity index (χ1v) is 6.68. The number of amides is 1. The van der Waals surface area contributed by atoms with Crippen molar-refractivity contribution >= 4 is 11.6 Å². The van der Waals surface area contributed by atoms with Crippen molar-refractivity contribution in [2.24, 2.45) is 11.8 Å². The number of anilines is 1. The zero-order valence-corrected chi connectivity index (χ0v) is 11.2. The quantitative estimate of drug-likeness (QED) is 0.832. The lowest BCUT2D eigenvalue weighted by atomic mass is 10.0. The first-order chi connectivity index (χ1) is 8.56. The van der Waals surface area contributed by atoms with Crippen LogP contribution in [0.1, 0.15) is 25.8 Å². The molecule has 0 bridgehead atoms. The van der Waals surface area contributed by atoms with Crippen LogP contribution in [-0.4, -0.2) is 23.9 Å². The smallest absolute Gasteiger partial charge is 0.222 e. The van der Waals surface area contributed by atoms with E-state index in [-0.39, 0.29) is 5.91 Å². The molecule has 2 N–H and O–H groups in total. The van der Waals surface area contributed by atoms with Crippen LogP contribution in [0.4, 0.5) is 5.69 Å². The van der Waals surface area contributed by atoms with E-state index in [9.17, 15) is 4.79 Å². The van der Waals surface area contributed by atoms with Gasteiger partial charge < -0.3 is 10.6 Å². The van der Waals surface area contributed by atoms with Gasteiger partial charge in [-0.15, -0.1) is 0 Å². The first kappa shape index (κ1) is 12.9. The summed E-state index contributed by atoms with van der Waals surface area (Å²) in [6.45, 7) is 6.26. The van der Waals surface area contributed by atoms with E-state index >= 15 is 0 Å². The van der Waals surface area contributed by atoms with E-state index in [1.54, 1.807) is 0 Å². The van der Waals surface area contributed by atoms with Crippen LogP contribution in [0.5, 0.6) is 0 Å². The van der Waals surface area contributed by atoms with Crippen molar-refractivity contribution in [2.75, 3.05) is 18.8 Å². The third-order valence-electron chi connectivity index (χ3n) is 3.92. The van der Waals surface area contributed by atoms with E-state index in [1.807, 2.05) is 29.2 Å². The monoisotopic (exact) mass is 246 g/mol. The molecule has 1 amide bonds. The molecular formula is C15H22N2O. The van der Waals surface area contributed by atoms with Gasteiger partial charge in [-0.3, -0.25) is 4.79 Å². The van der Waals surface area contributed by atoms with Gasteiger partial charge in [0.1, 0.15) is 0 Å². The van der Waals surface area contributed by atoms with Crippen LogP contribution in [-0.2, 0) is 11.2 Å². The fraction of sp³-hybridized carbons (Fsp3) is 0.533. The van der Waals surface area contributed by atoms with E-state index in [0.29, 0.717) is 18.3 Å². The fourth-order valence-electron chi connectivity index (χ4n) is 2.49. The second-order valence-corrected chi connectivity index (χ2v) is 5.50. The summed E-state index contributed by atoms with van der Waals surface area (Å²) >= 11 is 0. The van der Waals surface area contributed by atoms with Crippen molar-refractivity contribution < 1.29 is 4.79 Å². The molecule has 3 heteroatoms. The maximum Gasteiger partial charge on any atom is 0.222 e. The Morgan fingerprint density at radius 1 is 1.33 bits per heavy atom. The Bertz CT molecular complexity index is 420. The highest BCUT2D eigenvalue weighted by Gasteiger charge is 2.28. The molecule has 2 rings (SSSR count). The van der Waals surface area contributed by atoms with Gasteiger partial charge in [0.2, 0.25) is 5.91 Å². The van der Waals surface area contributed by atoms with Gasteiger partial charge in [-0.05, 0) is 36.0 Å². The van der Waals surface area contributed by atoms with Crippen molar-refractivity contribution in [1.29, 1.82) is 0 Å². The Kier molecular flexibility index (Phi) is 3.90. The fourth-order valence-corrected chi connectivity index (χ4v) is 2.49. The maximum atomic E-state index is 12.1. The molecule has 1 aromatic rings. The number of nitrogen functional groups attached to an aromatic ring is 1. The van der Waals surface area contributed by atoms with Gasteiger partial charge in [-0.1, -0.05) is 26.0 Å². The highest BCUT2D eigenvalue weighted by Crippen LogP contribution is 2.23. The van der Waals surface area contributed by atoms with Gasteiger partial charge in [-0.2, -0.15) is 0 Å². The topological polar surface area (TPSA) is 46.3 Å². The summed E-state index contributed by atoms with van der Waals surface area (Å²) in [6.07, 6.45) is 1.37. The normalized spacial score (nSPS) is 23.3. The molecule has 2 atom stereocenters. The van der Waals surface area contributed by atoms with Crippen LogP contribution in [0, 0.1) is 11.8 Å². The minimum absolute atomic E-state index is 0.272. The highest BCUT2D eigenvalue weighted by atomic mass is 16.2. The number of aryl methyl sites for hydroxylation is 1. The largest absolute Gasteiger partial charge is 0.399 e. The maximum absolute atomic E-state index is 12.1. The summed E-state index contributed by atoms with van der Waals surface area (Å²) in [4.78, 5) is 14.1. The van der Waals surface area contributed by atoms with Crippen LogP contribution in [0.25, 0.3) is 0 Å². The van der Waals surface area contributed by atoms with Crippen LogP contribution in [0.2, 0.25) is 0 Å². The van der Waals surface area contributed by atoms with E-state index < -0.39 is 0 Å². The van der Waals surface area contributed by atoms with E-state index in [4.69, 9.17) is 5.73 Å². The zero-order valence-electron chi connectivity index (χ0n) is 11.2. The molecule has 1 aromatic carbocycles. The second-order valence-electron chi connectivity index (χ2n) is 5.50. The molecule has 0 spiro atoms. The summed E-state index contributed by atoms with van der Waals surface area (Å²) in [5.74, 6) is 1.52. The molecule has 1 aliphatic heterocycles. The molecule has 1 aliphatic rings. The average Bonchev–Trinajstić information content (AvgIpc) is 2.67. The first-order valence-electron chi connectivity index (χ1n) is 6.68. The van der Waals surface area contributed by atoms with Crippen LogP contribution in [0.15, 0.2) is 24.3 Å². The van der Waals surface area contributed by atoms with Crippen molar-refractivity contribution in [3.63, 3.8) is 0 Å². The number of rotatable bonds is 3.